The van der Waals surface area contributed by atoms with Gasteiger partial charge in [-0.05, 0) is 39.0 Å². The number of amides is 1. The van der Waals surface area contributed by atoms with Crippen LogP contribution in [0.3, 0.4) is 0 Å². The zero-order valence-electron chi connectivity index (χ0n) is 13.6. The van der Waals surface area contributed by atoms with Gasteiger partial charge < -0.3 is 9.47 Å². The maximum absolute atomic E-state index is 11.8. The van der Waals surface area contributed by atoms with Gasteiger partial charge in [0.2, 0.25) is 0 Å². The van der Waals surface area contributed by atoms with Gasteiger partial charge in [-0.25, -0.2) is 9.59 Å². The maximum Gasteiger partial charge on any atom is 0.412 e. The minimum atomic E-state index is -0.878. The molecule has 0 aliphatic carbocycles. The fourth-order valence-corrected chi connectivity index (χ4v) is 2.01. The molecule has 0 aromatic heterocycles. The average Bonchev–Trinajstić information content (AvgIpc) is 2.43. The number of alkyl carbamates (subject to hydrolysis) is 1. The van der Waals surface area contributed by atoms with Gasteiger partial charge in [0.15, 0.2) is 0 Å². The van der Waals surface area contributed by atoms with Crippen molar-refractivity contribution in [3.05, 3.63) is 44.0 Å². The number of hydrogen-bond acceptors (Lipinski definition) is 6. The fraction of sp³-hybridized carbons (Fsp3) is 0.333. The SMILES string of the molecule is COC(=O)C(=Cc1cc(Br)ccc1[N+](=O)[O-])NC(=O)OC(C)(C)C. The highest BCUT2D eigenvalue weighted by Crippen LogP contribution is 2.25. The number of ether oxygens (including phenoxy) is 2. The molecule has 130 valence electrons. The van der Waals surface area contributed by atoms with Crippen molar-refractivity contribution < 1.29 is 24.0 Å². The first-order chi connectivity index (χ1) is 11.0. The minimum Gasteiger partial charge on any atom is -0.464 e. The second-order valence-electron chi connectivity index (χ2n) is 5.64. The smallest absolute Gasteiger partial charge is 0.412 e. The topological polar surface area (TPSA) is 108 Å². The van der Waals surface area contributed by atoms with Gasteiger partial charge >= 0.3 is 12.1 Å². The largest absolute Gasteiger partial charge is 0.464 e. The van der Waals surface area contributed by atoms with E-state index in [0.29, 0.717) is 4.47 Å². The molecule has 1 amide bonds. The summed E-state index contributed by atoms with van der Waals surface area (Å²) in [6, 6.07) is 4.21. The van der Waals surface area contributed by atoms with Gasteiger partial charge in [-0.3, -0.25) is 15.4 Å². The third-order valence-corrected chi connectivity index (χ3v) is 3.02. The second-order valence-corrected chi connectivity index (χ2v) is 6.55. The Labute approximate surface area is 147 Å². The summed E-state index contributed by atoms with van der Waals surface area (Å²) in [7, 11) is 1.13. The number of benzene rings is 1. The van der Waals surface area contributed by atoms with E-state index in [1.807, 2.05) is 0 Å². The highest BCUT2D eigenvalue weighted by atomic mass is 79.9. The van der Waals surface area contributed by atoms with E-state index < -0.39 is 22.6 Å². The summed E-state index contributed by atoms with van der Waals surface area (Å²) in [5, 5.41) is 13.3. The highest BCUT2D eigenvalue weighted by Gasteiger charge is 2.21. The average molecular weight is 401 g/mol. The molecule has 0 atom stereocenters. The molecule has 0 aliphatic heterocycles. The molecule has 0 aliphatic rings. The van der Waals surface area contributed by atoms with Crippen molar-refractivity contribution in [1.82, 2.24) is 5.32 Å². The van der Waals surface area contributed by atoms with Crippen LogP contribution in [-0.4, -0.2) is 29.7 Å². The molecular weight excluding hydrogens is 384 g/mol. The van der Waals surface area contributed by atoms with E-state index in [2.05, 4.69) is 26.0 Å². The Balaban J connectivity index is 3.24. The number of nitrogens with one attached hydrogen (secondary N) is 1. The van der Waals surface area contributed by atoms with E-state index in [-0.39, 0.29) is 16.9 Å². The molecule has 0 unspecified atom stereocenters. The van der Waals surface area contributed by atoms with E-state index in [9.17, 15) is 19.7 Å². The molecule has 0 saturated heterocycles. The van der Waals surface area contributed by atoms with Crippen LogP contribution in [0.2, 0.25) is 0 Å². The molecule has 1 rings (SSSR count). The third-order valence-electron chi connectivity index (χ3n) is 2.53. The monoisotopic (exact) mass is 400 g/mol. The van der Waals surface area contributed by atoms with E-state index in [1.54, 1.807) is 20.8 Å². The molecule has 0 fully saturated rings. The Kier molecular flexibility index (Phi) is 6.47. The summed E-state index contributed by atoms with van der Waals surface area (Å²) in [6.45, 7) is 4.98. The lowest BCUT2D eigenvalue weighted by molar-refractivity contribution is -0.385. The predicted molar refractivity (Wildman–Crippen MR) is 90.2 cm³/mol. The van der Waals surface area contributed by atoms with Crippen LogP contribution in [0.25, 0.3) is 6.08 Å². The maximum atomic E-state index is 11.8. The van der Waals surface area contributed by atoms with Crippen molar-refractivity contribution in [2.75, 3.05) is 7.11 Å². The standard InChI is InChI=1S/C15H17BrN2O6/c1-15(2,3)24-14(20)17-11(13(19)23-4)8-9-7-10(16)5-6-12(9)18(21)22/h5-8H,1-4H3,(H,17,20). The quantitative estimate of drug-likeness (QED) is 0.359. The van der Waals surface area contributed by atoms with Crippen LogP contribution in [0.1, 0.15) is 26.3 Å². The molecule has 0 bridgehead atoms. The molecule has 0 saturated carbocycles. The Morgan fingerprint density at radius 1 is 1.33 bits per heavy atom. The van der Waals surface area contributed by atoms with Crippen molar-refractivity contribution in [2.45, 2.75) is 26.4 Å². The molecule has 8 nitrogen and oxygen atoms in total. The molecule has 1 aromatic rings. The zero-order valence-corrected chi connectivity index (χ0v) is 15.2. The highest BCUT2D eigenvalue weighted by molar-refractivity contribution is 9.10. The van der Waals surface area contributed by atoms with Gasteiger partial charge in [0.05, 0.1) is 17.6 Å². The number of nitro benzene ring substituents is 1. The molecule has 0 spiro atoms. The van der Waals surface area contributed by atoms with Gasteiger partial charge in [0.1, 0.15) is 11.3 Å². The third kappa shape index (κ3) is 5.99. The van der Waals surface area contributed by atoms with Gasteiger partial charge in [-0.15, -0.1) is 0 Å². The van der Waals surface area contributed by atoms with Gasteiger partial charge in [0.25, 0.3) is 5.69 Å². The molecule has 24 heavy (non-hydrogen) atoms. The summed E-state index contributed by atoms with van der Waals surface area (Å²) in [6.07, 6.45) is 0.273. The fourth-order valence-electron chi connectivity index (χ4n) is 1.63. The number of halogens is 1. The van der Waals surface area contributed by atoms with Crippen LogP contribution in [0.5, 0.6) is 0 Å². The van der Waals surface area contributed by atoms with E-state index in [1.165, 1.54) is 18.2 Å². The first-order valence-electron chi connectivity index (χ1n) is 6.77. The van der Waals surface area contributed by atoms with Crippen LogP contribution in [0.4, 0.5) is 10.5 Å². The molecular formula is C15H17BrN2O6. The lowest BCUT2D eigenvalue weighted by Crippen LogP contribution is -2.34. The first kappa shape index (κ1) is 19.6. The molecule has 0 heterocycles. The van der Waals surface area contributed by atoms with Crippen LogP contribution >= 0.6 is 15.9 Å². The zero-order chi connectivity index (χ0) is 18.5. The van der Waals surface area contributed by atoms with Crippen molar-refractivity contribution >= 4 is 39.8 Å². The number of carbonyl (C=O) groups is 2. The Morgan fingerprint density at radius 3 is 2.46 bits per heavy atom. The van der Waals surface area contributed by atoms with Gasteiger partial charge in [0, 0.05) is 10.5 Å². The number of esters is 1. The Bertz CT molecular complexity index is 694. The van der Waals surface area contributed by atoms with E-state index in [4.69, 9.17) is 4.74 Å². The summed E-state index contributed by atoms with van der Waals surface area (Å²) < 4.78 is 10.2. The first-order valence-corrected chi connectivity index (χ1v) is 7.56. The molecule has 1 N–H and O–H groups in total. The summed E-state index contributed by atoms with van der Waals surface area (Å²) in [4.78, 5) is 34.2. The minimum absolute atomic E-state index is 0.117. The number of methoxy groups -OCH3 is 1. The number of hydrogen-bond donors (Lipinski definition) is 1. The summed E-state index contributed by atoms with van der Waals surface area (Å²) in [5.41, 5.74) is -1.17. The van der Waals surface area contributed by atoms with Gasteiger partial charge in [-0.2, -0.15) is 0 Å². The number of nitrogens with zero attached hydrogens (tertiary/aromatic N) is 1. The Morgan fingerprint density at radius 2 is 1.96 bits per heavy atom. The number of nitro groups is 1. The van der Waals surface area contributed by atoms with Crippen molar-refractivity contribution in [3.63, 3.8) is 0 Å². The van der Waals surface area contributed by atoms with Crippen LogP contribution in [0, 0.1) is 10.1 Å². The summed E-state index contributed by atoms with van der Waals surface area (Å²) in [5.74, 6) is -0.866. The van der Waals surface area contributed by atoms with Crippen molar-refractivity contribution in [1.29, 1.82) is 0 Å². The van der Waals surface area contributed by atoms with Crippen molar-refractivity contribution in [3.8, 4) is 0 Å². The summed E-state index contributed by atoms with van der Waals surface area (Å²) >= 11 is 3.20. The lowest BCUT2D eigenvalue weighted by Gasteiger charge is -2.20. The molecule has 1 aromatic carbocycles. The van der Waals surface area contributed by atoms with Crippen LogP contribution in [-0.2, 0) is 14.3 Å². The van der Waals surface area contributed by atoms with Gasteiger partial charge in [-0.1, -0.05) is 15.9 Å². The normalized spacial score (nSPS) is 11.6. The molecule has 9 heteroatoms. The Hall–Kier alpha value is -2.42. The number of carbonyl (C=O) groups excluding carboxylic acids is 2. The van der Waals surface area contributed by atoms with E-state index >= 15 is 0 Å². The lowest BCUT2D eigenvalue weighted by atomic mass is 10.1. The molecule has 0 radical (unpaired) electrons. The number of rotatable bonds is 4. The van der Waals surface area contributed by atoms with Crippen LogP contribution < -0.4 is 5.32 Å². The van der Waals surface area contributed by atoms with Crippen LogP contribution in [0.15, 0.2) is 28.4 Å². The predicted octanol–water partition coefficient (Wildman–Crippen LogP) is 3.40. The van der Waals surface area contributed by atoms with Crippen molar-refractivity contribution in [2.24, 2.45) is 0 Å². The van der Waals surface area contributed by atoms with E-state index in [0.717, 1.165) is 13.2 Å². The second kappa shape index (κ2) is 7.91.